The number of aryl methyl sites for hydroxylation is 2. The zero-order valence-electron chi connectivity index (χ0n) is 10.5. The van der Waals surface area contributed by atoms with Gasteiger partial charge in [0.15, 0.2) is 0 Å². The van der Waals surface area contributed by atoms with Crippen molar-refractivity contribution in [1.29, 1.82) is 0 Å². The Morgan fingerprint density at radius 2 is 2.22 bits per heavy atom. The Morgan fingerprint density at radius 3 is 2.78 bits per heavy atom. The van der Waals surface area contributed by atoms with Crippen LogP contribution >= 0.6 is 15.9 Å². The third-order valence-corrected chi connectivity index (χ3v) is 3.79. The van der Waals surface area contributed by atoms with Gasteiger partial charge in [-0.1, -0.05) is 6.92 Å². The van der Waals surface area contributed by atoms with Crippen molar-refractivity contribution in [2.24, 2.45) is 12.8 Å². The quantitative estimate of drug-likeness (QED) is 0.934. The molecule has 2 aromatic heterocycles. The lowest BCUT2D eigenvalue weighted by molar-refractivity contribution is 0.624. The lowest BCUT2D eigenvalue weighted by Gasteiger charge is -2.11. The molecule has 1 unspecified atom stereocenters. The van der Waals surface area contributed by atoms with E-state index in [0.29, 0.717) is 6.42 Å². The molecule has 0 spiro atoms. The van der Waals surface area contributed by atoms with Gasteiger partial charge in [0.2, 0.25) is 0 Å². The Kier molecular flexibility index (Phi) is 4.08. The molecule has 2 rings (SSSR count). The molecule has 0 aliphatic carbocycles. The van der Waals surface area contributed by atoms with Crippen LogP contribution < -0.4 is 5.73 Å². The average Bonchev–Trinajstić information content (AvgIpc) is 2.67. The summed E-state index contributed by atoms with van der Waals surface area (Å²) in [5.74, 6) is 0. The summed E-state index contributed by atoms with van der Waals surface area (Å²) < 4.78 is 2.92. The van der Waals surface area contributed by atoms with Gasteiger partial charge in [-0.3, -0.25) is 14.6 Å². The summed E-state index contributed by atoms with van der Waals surface area (Å²) in [5.41, 5.74) is 9.09. The summed E-state index contributed by atoms with van der Waals surface area (Å²) in [6.07, 6.45) is 6.59. The van der Waals surface area contributed by atoms with Crippen LogP contribution in [-0.4, -0.2) is 19.7 Å². The van der Waals surface area contributed by atoms with Crippen molar-refractivity contribution in [3.05, 3.63) is 40.1 Å². The molecule has 0 bridgehead atoms. The molecule has 0 saturated heterocycles. The highest BCUT2D eigenvalue weighted by molar-refractivity contribution is 9.10. The molecule has 0 radical (unpaired) electrons. The third-order valence-electron chi connectivity index (χ3n) is 2.88. The predicted molar refractivity (Wildman–Crippen MR) is 73.0 cm³/mol. The molecule has 0 amide bonds. The number of halogens is 1. The number of hydrogen-bond acceptors (Lipinski definition) is 4. The van der Waals surface area contributed by atoms with Crippen molar-refractivity contribution < 1.29 is 0 Å². The Balaban J connectivity index is 2.22. The highest BCUT2D eigenvalue weighted by atomic mass is 79.9. The monoisotopic (exact) mass is 309 g/mol. The average molecular weight is 310 g/mol. The molecule has 2 N–H and O–H groups in total. The van der Waals surface area contributed by atoms with Crippen molar-refractivity contribution >= 4 is 15.9 Å². The predicted octanol–water partition coefficient (Wildman–Crippen LogP) is 1.78. The summed E-state index contributed by atoms with van der Waals surface area (Å²) in [4.78, 5) is 8.27. The van der Waals surface area contributed by atoms with Gasteiger partial charge in [-0.25, -0.2) is 0 Å². The van der Waals surface area contributed by atoms with E-state index >= 15 is 0 Å². The van der Waals surface area contributed by atoms with Crippen LogP contribution in [0.5, 0.6) is 0 Å². The first kappa shape index (κ1) is 13.2. The van der Waals surface area contributed by atoms with Crippen LogP contribution in [0.3, 0.4) is 0 Å². The van der Waals surface area contributed by atoms with Crippen molar-refractivity contribution in [3.63, 3.8) is 0 Å². The van der Waals surface area contributed by atoms with E-state index in [2.05, 4.69) is 37.9 Å². The van der Waals surface area contributed by atoms with Crippen LogP contribution in [0.1, 0.15) is 30.0 Å². The molecule has 6 heteroatoms. The first-order valence-electron chi connectivity index (χ1n) is 5.85. The molecule has 18 heavy (non-hydrogen) atoms. The van der Waals surface area contributed by atoms with Gasteiger partial charge < -0.3 is 5.73 Å². The summed E-state index contributed by atoms with van der Waals surface area (Å²) in [6, 6.07) is -0.171. The first-order chi connectivity index (χ1) is 8.63. The maximum Gasteiger partial charge on any atom is 0.0766 e. The van der Waals surface area contributed by atoms with Gasteiger partial charge in [0.25, 0.3) is 0 Å². The fraction of sp³-hybridized carbons (Fsp3) is 0.417. The largest absolute Gasteiger partial charge is 0.322 e. The zero-order chi connectivity index (χ0) is 13.1. The fourth-order valence-corrected chi connectivity index (χ4v) is 2.63. The SMILES string of the molecule is CCc1nn(C)c(CC(N)c2cnccn2)c1Br. The number of hydrogen-bond donors (Lipinski definition) is 1. The minimum atomic E-state index is -0.171. The number of nitrogens with zero attached hydrogens (tertiary/aromatic N) is 4. The lowest BCUT2D eigenvalue weighted by Crippen LogP contribution is -2.17. The second kappa shape index (κ2) is 5.58. The van der Waals surface area contributed by atoms with Gasteiger partial charge >= 0.3 is 0 Å². The Morgan fingerprint density at radius 1 is 1.44 bits per heavy atom. The first-order valence-corrected chi connectivity index (χ1v) is 6.64. The molecule has 0 saturated carbocycles. The zero-order valence-corrected chi connectivity index (χ0v) is 12.1. The molecular formula is C12H16BrN5. The van der Waals surface area contributed by atoms with Crippen LogP contribution in [0, 0.1) is 0 Å². The minimum Gasteiger partial charge on any atom is -0.322 e. The van der Waals surface area contributed by atoms with E-state index in [1.54, 1.807) is 18.6 Å². The van der Waals surface area contributed by atoms with Crippen molar-refractivity contribution in [3.8, 4) is 0 Å². The molecule has 0 aliphatic rings. The van der Waals surface area contributed by atoms with Crippen LogP contribution in [-0.2, 0) is 19.9 Å². The van der Waals surface area contributed by atoms with Crippen LogP contribution in [0.15, 0.2) is 23.1 Å². The van der Waals surface area contributed by atoms with E-state index in [9.17, 15) is 0 Å². The van der Waals surface area contributed by atoms with Crippen LogP contribution in [0.2, 0.25) is 0 Å². The van der Waals surface area contributed by atoms with Gasteiger partial charge in [-0.15, -0.1) is 0 Å². The van der Waals surface area contributed by atoms with Crippen LogP contribution in [0.4, 0.5) is 0 Å². The number of nitrogens with two attached hydrogens (primary N) is 1. The van der Waals surface area contributed by atoms with Gasteiger partial charge in [-0.05, 0) is 22.4 Å². The van der Waals surface area contributed by atoms with Crippen LogP contribution in [0.25, 0.3) is 0 Å². The summed E-state index contributed by atoms with van der Waals surface area (Å²) >= 11 is 3.59. The second-order valence-corrected chi connectivity index (χ2v) is 4.92. The summed E-state index contributed by atoms with van der Waals surface area (Å²) in [7, 11) is 1.93. The number of rotatable bonds is 4. The molecule has 2 heterocycles. The van der Waals surface area contributed by atoms with Crippen molar-refractivity contribution in [1.82, 2.24) is 19.7 Å². The topological polar surface area (TPSA) is 69.6 Å². The molecule has 2 aromatic rings. The molecule has 0 fully saturated rings. The smallest absolute Gasteiger partial charge is 0.0766 e. The normalized spacial score (nSPS) is 12.7. The van der Waals surface area contributed by atoms with E-state index in [1.165, 1.54) is 0 Å². The molecular weight excluding hydrogens is 294 g/mol. The van der Waals surface area contributed by atoms with Gasteiger partial charge in [-0.2, -0.15) is 5.10 Å². The molecule has 5 nitrogen and oxygen atoms in total. The van der Waals surface area contributed by atoms with Crippen molar-refractivity contribution in [2.45, 2.75) is 25.8 Å². The molecule has 0 aliphatic heterocycles. The minimum absolute atomic E-state index is 0.171. The van der Waals surface area contributed by atoms with E-state index in [1.807, 2.05) is 11.7 Å². The highest BCUT2D eigenvalue weighted by Crippen LogP contribution is 2.25. The molecule has 0 aromatic carbocycles. The Bertz CT molecular complexity index is 523. The Hall–Kier alpha value is -1.27. The summed E-state index contributed by atoms with van der Waals surface area (Å²) in [5, 5.41) is 4.45. The highest BCUT2D eigenvalue weighted by Gasteiger charge is 2.17. The van der Waals surface area contributed by atoms with E-state index in [-0.39, 0.29) is 6.04 Å². The van der Waals surface area contributed by atoms with Gasteiger partial charge in [0.1, 0.15) is 0 Å². The lowest BCUT2D eigenvalue weighted by atomic mass is 10.1. The number of aromatic nitrogens is 4. The van der Waals surface area contributed by atoms with E-state index in [4.69, 9.17) is 5.73 Å². The van der Waals surface area contributed by atoms with Crippen molar-refractivity contribution in [2.75, 3.05) is 0 Å². The fourth-order valence-electron chi connectivity index (χ4n) is 1.86. The van der Waals surface area contributed by atoms with E-state index < -0.39 is 0 Å². The second-order valence-electron chi connectivity index (χ2n) is 4.13. The van der Waals surface area contributed by atoms with Gasteiger partial charge in [0, 0.05) is 32.1 Å². The summed E-state index contributed by atoms with van der Waals surface area (Å²) in [6.45, 7) is 2.08. The van der Waals surface area contributed by atoms with Gasteiger partial charge in [0.05, 0.1) is 27.6 Å². The molecule has 96 valence electrons. The Labute approximate surface area is 115 Å². The van der Waals surface area contributed by atoms with E-state index in [0.717, 1.165) is 28.0 Å². The maximum atomic E-state index is 6.15. The third kappa shape index (κ3) is 2.59. The molecule has 1 atom stereocenters. The standard InChI is InChI=1S/C12H16BrN5/c1-3-9-12(13)11(18(2)17-9)6-8(14)10-7-15-4-5-16-10/h4-5,7-8H,3,6,14H2,1-2H3. The maximum absolute atomic E-state index is 6.15.